The van der Waals surface area contributed by atoms with Crippen LogP contribution in [0.3, 0.4) is 0 Å². The van der Waals surface area contributed by atoms with Gasteiger partial charge in [0.05, 0.1) is 11.7 Å². The van der Waals surface area contributed by atoms with Crippen LogP contribution < -0.4 is 0 Å². The average Bonchev–Trinajstić information content (AvgIpc) is 2.46. The van der Waals surface area contributed by atoms with E-state index in [-0.39, 0.29) is 0 Å². The lowest BCUT2D eigenvalue weighted by Crippen LogP contribution is -2.36. The Morgan fingerprint density at radius 3 is 2.44 bits per heavy atom. The van der Waals surface area contributed by atoms with Gasteiger partial charge in [-0.3, -0.25) is 0 Å². The molecule has 0 bridgehead atoms. The van der Waals surface area contributed by atoms with Crippen molar-refractivity contribution in [3.63, 3.8) is 0 Å². The van der Waals surface area contributed by atoms with Gasteiger partial charge in [-0.25, -0.2) is 0 Å². The average molecular weight is 243 g/mol. The van der Waals surface area contributed by atoms with Gasteiger partial charge in [0.2, 0.25) is 0 Å². The maximum Gasteiger partial charge on any atom is 0.0934 e. The molecular formula is C16H21NO. The molecule has 18 heavy (non-hydrogen) atoms. The lowest BCUT2D eigenvalue weighted by Gasteiger charge is -2.38. The Hall–Kier alpha value is -1.33. The van der Waals surface area contributed by atoms with E-state index in [2.05, 4.69) is 6.07 Å². The van der Waals surface area contributed by atoms with Crippen LogP contribution in [0.4, 0.5) is 0 Å². The van der Waals surface area contributed by atoms with Crippen LogP contribution in [0.15, 0.2) is 30.3 Å². The third kappa shape index (κ3) is 2.73. The van der Waals surface area contributed by atoms with Gasteiger partial charge in [-0.1, -0.05) is 49.6 Å². The summed E-state index contributed by atoms with van der Waals surface area (Å²) in [4.78, 5) is 0. The number of aliphatic hydroxyl groups is 1. The minimum Gasteiger partial charge on any atom is -0.385 e. The van der Waals surface area contributed by atoms with Crippen LogP contribution in [0.5, 0.6) is 0 Å². The lowest BCUT2D eigenvalue weighted by atomic mass is 9.71. The molecule has 0 amide bonds. The number of nitrogens with zero attached hydrogens (tertiary/aromatic N) is 1. The molecule has 2 nitrogen and oxygen atoms in total. The van der Waals surface area contributed by atoms with Crippen LogP contribution in [-0.4, -0.2) is 5.11 Å². The molecule has 0 aliphatic heterocycles. The molecule has 1 aromatic carbocycles. The molecule has 1 aromatic rings. The predicted octanol–water partition coefficient (Wildman–Crippen LogP) is 3.76. The number of benzene rings is 1. The molecule has 1 aliphatic rings. The smallest absolute Gasteiger partial charge is 0.0934 e. The Bertz CT molecular complexity index is 403. The molecule has 0 heterocycles. The SMILES string of the molecule is N#CCCC(O)(c1ccccc1)C1CCCCC1. The van der Waals surface area contributed by atoms with E-state index in [0.29, 0.717) is 18.8 Å². The zero-order valence-electron chi connectivity index (χ0n) is 10.8. The van der Waals surface area contributed by atoms with Gasteiger partial charge < -0.3 is 5.11 Å². The quantitative estimate of drug-likeness (QED) is 0.875. The fraction of sp³-hybridized carbons (Fsp3) is 0.562. The monoisotopic (exact) mass is 243 g/mol. The van der Waals surface area contributed by atoms with E-state index in [1.165, 1.54) is 19.3 Å². The van der Waals surface area contributed by atoms with Crippen molar-refractivity contribution in [3.05, 3.63) is 35.9 Å². The second-order valence-corrected chi connectivity index (χ2v) is 5.28. The van der Waals surface area contributed by atoms with E-state index in [4.69, 9.17) is 5.26 Å². The van der Waals surface area contributed by atoms with E-state index in [1.807, 2.05) is 30.3 Å². The van der Waals surface area contributed by atoms with Crippen LogP contribution in [0, 0.1) is 17.2 Å². The van der Waals surface area contributed by atoms with E-state index >= 15 is 0 Å². The summed E-state index contributed by atoms with van der Waals surface area (Å²) in [6, 6.07) is 12.1. The third-order valence-electron chi connectivity index (χ3n) is 4.17. The van der Waals surface area contributed by atoms with Crippen LogP contribution in [0.2, 0.25) is 0 Å². The Labute approximate surface area is 109 Å². The molecule has 1 fully saturated rings. The summed E-state index contributed by atoms with van der Waals surface area (Å²) < 4.78 is 0. The molecular weight excluding hydrogens is 222 g/mol. The number of hydrogen-bond acceptors (Lipinski definition) is 2. The summed E-state index contributed by atoms with van der Waals surface area (Å²) in [7, 11) is 0. The van der Waals surface area contributed by atoms with Crippen LogP contribution in [-0.2, 0) is 5.60 Å². The van der Waals surface area contributed by atoms with Gasteiger partial charge in [-0.05, 0) is 30.7 Å². The molecule has 1 unspecified atom stereocenters. The summed E-state index contributed by atoms with van der Waals surface area (Å²) in [6.07, 6.45) is 6.81. The molecule has 2 rings (SSSR count). The van der Waals surface area contributed by atoms with Gasteiger partial charge >= 0.3 is 0 Å². The minimum absolute atomic E-state index is 0.307. The topological polar surface area (TPSA) is 44.0 Å². The Morgan fingerprint density at radius 2 is 1.83 bits per heavy atom. The highest BCUT2D eigenvalue weighted by Gasteiger charge is 2.38. The summed E-state index contributed by atoms with van der Waals surface area (Å²) >= 11 is 0. The first kappa shape index (κ1) is 13.1. The molecule has 0 radical (unpaired) electrons. The first-order valence-electron chi connectivity index (χ1n) is 6.92. The number of nitriles is 1. The third-order valence-corrected chi connectivity index (χ3v) is 4.17. The van der Waals surface area contributed by atoms with Gasteiger partial charge in [0.1, 0.15) is 0 Å². The highest BCUT2D eigenvalue weighted by atomic mass is 16.3. The maximum atomic E-state index is 11.1. The molecule has 2 heteroatoms. The summed E-state index contributed by atoms with van der Waals surface area (Å²) in [6.45, 7) is 0. The zero-order chi connectivity index (χ0) is 12.8. The minimum atomic E-state index is -0.808. The molecule has 0 saturated heterocycles. The first-order chi connectivity index (χ1) is 8.77. The van der Waals surface area contributed by atoms with Gasteiger partial charge in [0.25, 0.3) is 0 Å². The van der Waals surface area contributed by atoms with Crippen molar-refractivity contribution in [2.24, 2.45) is 5.92 Å². The van der Waals surface area contributed by atoms with E-state index in [9.17, 15) is 5.11 Å². The highest BCUT2D eigenvalue weighted by molar-refractivity contribution is 5.23. The van der Waals surface area contributed by atoms with Crippen molar-refractivity contribution in [1.82, 2.24) is 0 Å². The Kier molecular flexibility index (Phi) is 4.38. The molecule has 1 aliphatic carbocycles. The largest absolute Gasteiger partial charge is 0.385 e. The first-order valence-corrected chi connectivity index (χ1v) is 6.92. The fourth-order valence-corrected chi connectivity index (χ4v) is 3.14. The summed E-state index contributed by atoms with van der Waals surface area (Å²) in [5.74, 6) is 0.307. The second-order valence-electron chi connectivity index (χ2n) is 5.28. The summed E-state index contributed by atoms with van der Waals surface area (Å²) in [5.41, 5.74) is 0.171. The zero-order valence-corrected chi connectivity index (χ0v) is 10.8. The Balaban J connectivity index is 2.24. The van der Waals surface area contributed by atoms with Crippen molar-refractivity contribution in [2.45, 2.75) is 50.5 Å². The second kappa shape index (κ2) is 6.02. The van der Waals surface area contributed by atoms with Crippen molar-refractivity contribution >= 4 is 0 Å². The fourth-order valence-electron chi connectivity index (χ4n) is 3.14. The lowest BCUT2D eigenvalue weighted by molar-refractivity contribution is -0.0450. The van der Waals surface area contributed by atoms with E-state index in [0.717, 1.165) is 18.4 Å². The van der Waals surface area contributed by atoms with Crippen LogP contribution in [0.1, 0.15) is 50.5 Å². The number of rotatable bonds is 4. The van der Waals surface area contributed by atoms with Crippen LogP contribution >= 0.6 is 0 Å². The highest BCUT2D eigenvalue weighted by Crippen LogP contribution is 2.42. The van der Waals surface area contributed by atoms with Crippen molar-refractivity contribution in [2.75, 3.05) is 0 Å². The molecule has 1 atom stereocenters. The normalized spacial score (nSPS) is 20.0. The molecule has 0 aromatic heterocycles. The van der Waals surface area contributed by atoms with E-state index in [1.54, 1.807) is 0 Å². The van der Waals surface area contributed by atoms with Crippen molar-refractivity contribution < 1.29 is 5.11 Å². The van der Waals surface area contributed by atoms with E-state index < -0.39 is 5.60 Å². The standard InChI is InChI=1S/C16H21NO/c17-13-7-12-16(18,14-8-3-1-4-9-14)15-10-5-2-6-11-15/h1,3-4,8-9,15,18H,2,5-7,10-12H2. The van der Waals surface area contributed by atoms with Gasteiger partial charge in [-0.2, -0.15) is 5.26 Å². The van der Waals surface area contributed by atoms with Gasteiger partial charge in [-0.15, -0.1) is 0 Å². The molecule has 1 saturated carbocycles. The summed E-state index contributed by atoms with van der Waals surface area (Å²) in [5, 5.41) is 19.9. The van der Waals surface area contributed by atoms with Crippen molar-refractivity contribution in [1.29, 1.82) is 5.26 Å². The maximum absolute atomic E-state index is 11.1. The predicted molar refractivity (Wildman–Crippen MR) is 71.8 cm³/mol. The van der Waals surface area contributed by atoms with Gasteiger partial charge in [0.15, 0.2) is 0 Å². The number of hydrogen-bond donors (Lipinski definition) is 1. The van der Waals surface area contributed by atoms with Crippen molar-refractivity contribution in [3.8, 4) is 6.07 Å². The Morgan fingerprint density at radius 1 is 1.17 bits per heavy atom. The molecule has 96 valence electrons. The van der Waals surface area contributed by atoms with Gasteiger partial charge in [0, 0.05) is 6.42 Å². The molecule has 0 spiro atoms. The molecule has 1 N–H and O–H groups in total. The van der Waals surface area contributed by atoms with Crippen LogP contribution in [0.25, 0.3) is 0 Å².